The van der Waals surface area contributed by atoms with Crippen LogP contribution in [0.1, 0.15) is 57.9 Å². The molecule has 28 heavy (non-hydrogen) atoms. The third-order valence-corrected chi connectivity index (χ3v) is 9.61. The van der Waals surface area contributed by atoms with Gasteiger partial charge in [-0.3, -0.25) is 9.71 Å². The van der Waals surface area contributed by atoms with Crippen LogP contribution in [0.4, 0.5) is 0 Å². The number of halogens is 1. The summed E-state index contributed by atoms with van der Waals surface area (Å²) in [5.74, 6) is 3.13. The second kappa shape index (κ2) is 6.43. The lowest BCUT2D eigenvalue weighted by Crippen LogP contribution is -2.50. The first-order chi connectivity index (χ1) is 13.3. The van der Waals surface area contributed by atoms with Crippen LogP contribution in [0.3, 0.4) is 0 Å². The van der Waals surface area contributed by atoms with E-state index in [1.807, 2.05) is 31.2 Å². The average Bonchev–Trinajstić information content (AvgIpc) is 2.82. The monoisotopic (exact) mass is 462 g/mol. The topological polar surface area (TPSA) is 58.5 Å². The molecule has 0 spiro atoms. The van der Waals surface area contributed by atoms with E-state index >= 15 is 0 Å². The molecule has 6 heteroatoms. The zero-order chi connectivity index (χ0) is 19.7. The Morgan fingerprint density at radius 2 is 1.75 bits per heavy atom. The van der Waals surface area contributed by atoms with Gasteiger partial charge in [-0.2, -0.15) is 0 Å². The van der Waals surface area contributed by atoms with Crippen molar-refractivity contribution in [2.45, 2.75) is 58.4 Å². The maximum absolute atomic E-state index is 12.9. The highest BCUT2D eigenvalue weighted by atomic mass is 79.9. The third-order valence-electron chi connectivity index (χ3n) is 7.58. The van der Waals surface area contributed by atoms with Gasteiger partial charge < -0.3 is 0 Å². The average molecular weight is 463 g/mol. The van der Waals surface area contributed by atoms with Gasteiger partial charge >= 0.3 is 0 Å². The highest BCUT2D eigenvalue weighted by molar-refractivity contribution is 9.10. The maximum Gasteiger partial charge on any atom is 0.264 e. The van der Waals surface area contributed by atoms with Crippen LogP contribution in [0.2, 0.25) is 0 Å². The number of nitrogens with one attached hydrogen (secondary N) is 1. The summed E-state index contributed by atoms with van der Waals surface area (Å²) in [4.78, 5) is 5.35. The Morgan fingerprint density at radius 1 is 1.14 bits per heavy atom. The molecule has 4 nitrogen and oxygen atoms in total. The zero-order valence-corrected chi connectivity index (χ0v) is 18.8. The van der Waals surface area contributed by atoms with Gasteiger partial charge in [0.25, 0.3) is 10.0 Å². The number of hydrogen-bond donors (Lipinski definition) is 1. The number of aliphatic imine (C=N–C) groups is 1. The van der Waals surface area contributed by atoms with Crippen molar-refractivity contribution in [2.75, 3.05) is 0 Å². The second-order valence-electron chi connectivity index (χ2n) is 9.50. The van der Waals surface area contributed by atoms with E-state index in [0.717, 1.165) is 27.8 Å². The Hall–Kier alpha value is -1.14. The molecule has 1 aromatic carbocycles. The molecule has 4 fully saturated rings. The van der Waals surface area contributed by atoms with Gasteiger partial charge in [0.1, 0.15) is 10.7 Å². The van der Waals surface area contributed by atoms with Gasteiger partial charge in [0.15, 0.2) is 0 Å². The smallest absolute Gasteiger partial charge is 0.264 e. The second-order valence-corrected chi connectivity index (χ2v) is 12.0. The van der Waals surface area contributed by atoms with Crippen molar-refractivity contribution < 1.29 is 8.42 Å². The van der Waals surface area contributed by atoms with Crippen LogP contribution in [-0.2, 0) is 10.0 Å². The van der Waals surface area contributed by atoms with Crippen molar-refractivity contribution >= 4 is 36.7 Å². The van der Waals surface area contributed by atoms with Crippen molar-refractivity contribution in [3.63, 3.8) is 0 Å². The van der Waals surface area contributed by atoms with E-state index in [-0.39, 0.29) is 11.5 Å². The molecule has 0 amide bonds. The lowest BCUT2D eigenvalue weighted by Gasteiger charge is -2.58. The summed E-state index contributed by atoms with van der Waals surface area (Å²) < 4.78 is 29.3. The standard InChI is InChI=1S/C22H27BrN2O2S/c1-13-20(18-4-3-5-19(23)9-18)28(26,27)25-21(13)24-14(2)22-10-15-6-16(11-22)8-17(7-15)12-22/h3-5,9,14-17H,6-8,10-12H2,1-2H3,(H,24,25). The summed E-state index contributed by atoms with van der Waals surface area (Å²) in [5.41, 5.74) is 1.70. The van der Waals surface area contributed by atoms with Crippen molar-refractivity contribution in [3.05, 3.63) is 39.9 Å². The molecule has 0 saturated heterocycles. The van der Waals surface area contributed by atoms with E-state index in [2.05, 4.69) is 27.6 Å². The molecule has 150 valence electrons. The van der Waals surface area contributed by atoms with E-state index in [1.165, 1.54) is 38.5 Å². The fraction of sp³-hybridized carbons (Fsp3) is 0.591. The summed E-state index contributed by atoms with van der Waals surface area (Å²) in [6, 6.07) is 7.61. The van der Waals surface area contributed by atoms with E-state index in [9.17, 15) is 8.42 Å². The van der Waals surface area contributed by atoms with Crippen LogP contribution in [0.25, 0.3) is 4.91 Å². The molecule has 4 aliphatic carbocycles. The maximum atomic E-state index is 12.9. The first kappa shape index (κ1) is 18.9. The van der Waals surface area contributed by atoms with Crippen molar-refractivity contribution in [3.8, 4) is 0 Å². The summed E-state index contributed by atoms with van der Waals surface area (Å²) in [6.07, 6.45) is 8.02. The number of rotatable bonds is 3. The fourth-order valence-electron chi connectivity index (χ4n) is 6.71. The van der Waals surface area contributed by atoms with Gasteiger partial charge in [0.2, 0.25) is 0 Å². The molecule has 1 aromatic rings. The molecule has 4 saturated carbocycles. The van der Waals surface area contributed by atoms with Gasteiger partial charge in [-0.15, -0.1) is 0 Å². The number of nitrogens with zero attached hydrogens (tertiary/aromatic N) is 1. The minimum absolute atomic E-state index is 0.149. The number of hydrogen-bond acceptors (Lipinski definition) is 3. The minimum atomic E-state index is -3.58. The molecule has 6 rings (SSSR count). The first-order valence-electron chi connectivity index (χ1n) is 10.3. The molecule has 1 atom stereocenters. The van der Waals surface area contributed by atoms with Crippen molar-refractivity contribution in [2.24, 2.45) is 28.2 Å². The van der Waals surface area contributed by atoms with Crippen molar-refractivity contribution in [1.82, 2.24) is 4.72 Å². The molecule has 1 unspecified atom stereocenters. The SMILES string of the molecule is CC1=C(c2cccc(Br)c2)S(=O)(=O)NC1=NC(C)C12CC3CC(CC(C3)C1)C2. The largest absolute Gasteiger partial charge is 0.264 e. The summed E-state index contributed by atoms with van der Waals surface area (Å²) in [6.45, 7) is 4.08. The van der Waals surface area contributed by atoms with Gasteiger partial charge in [-0.1, -0.05) is 28.1 Å². The summed E-state index contributed by atoms with van der Waals surface area (Å²) in [5, 5.41) is 0. The molecule has 1 N–H and O–H groups in total. The quantitative estimate of drug-likeness (QED) is 0.677. The van der Waals surface area contributed by atoms with Crippen LogP contribution in [0, 0.1) is 23.2 Å². The van der Waals surface area contributed by atoms with Crippen LogP contribution < -0.4 is 4.72 Å². The Kier molecular flexibility index (Phi) is 4.33. The van der Waals surface area contributed by atoms with Crippen LogP contribution in [0.5, 0.6) is 0 Å². The number of benzene rings is 1. The molecule has 5 aliphatic rings. The Labute approximate surface area is 176 Å². The van der Waals surface area contributed by atoms with Crippen molar-refractivity contribution in [1.29, 1.82) is 0 Å². The van der Waals surface area contributed by atoms with Crippen LogP contribution in [0.15, 0.2) is 39.3 Å². The normalized spacial score (nSPS) is 38.1. The third kappa shape index (κ3) is 2.98. The lowest BCUT2D eigenvalue weighted by atomic mass is 9.48. The highest BCUT2D eigenvalue weighted by Crippen LogP contribution is 2.61. The van der Waals surface area contributed by atoms with Crippen LogP contribution in [-0.4, -0.2) is 20.3 Å². The highest BCUT2D eigenvalue weighted by Gasteiger charge is 2.53. The molecule has 4 bridgehead atoms. The molecule has 1 heterocycles. The molecule has 0 radical (unpaired) electrons. The Balaban J connectivity index is 1.50. The Morgan fingerprint density at radius 3 is 2.32 bits per heavy atom. The number of amidine groups is 1. The molecule has 1 aliphatic heterocycles. The van der Waals surface area contributed by atoms with Gasteiger partial charge in [0, 0.05) is 10.0 Å². The van der Waals surface area contributed by atoms with Gasteiger partial charge in [-0.05, 0) is 93.2 Å². The summed E-state index contributed by atoms with van der Waals surface area (Å²) >= 11 is 3.44. The Bertz CT molecular complexity index is 960. The lowest BCUT2D eigenvalue weighted by molar-refractivity contribution is -0.0633. The molecule has 0 aromatic heterocycles. The van der Waals surface area contributed by atoms with E-state index in [1.54, 1.807) is 0 Å². The number of sulfonamides is 1. The van der Waals surface area contributed by atoms with Gasteiger partial charge in [-0.25, -0.2) is 8.42 Å². The van der Waals surface area contributed by atoms with Crippen LogP contribution >= 0.6 is 15.9 Å². The molecular weight excluding hydrogens is 436 g/mol. The van der Waals surface area contributed by atoms with E-state index in [4.69, 9.17) is 4.99 Å². The predicted octanol–water partition coefficient (Wildman–Crippen LogP) is 5.12. The van der Waals surface area contributed by atoms with Gasteiger partial charge in [0.05, 0.1) is 6.04 Å². The predicted molar refractivity (Wildman–Crippen MR) is 116 cm³/mol. The van der Waals surface area contributed by atoms with E-state index < -0.39 is 10.0 Å². The molecular formula is C22H27BrN2O2S. The zero-order valence-electron chi connectivity index (χ0n) is 16.4. The summed E-state index contributed by atoms with van der Waals surface area (Å²) in [7, 11) is -3.58. The van der Waals surface area contributed by atoms with E-state index in [0.29, 0.717) is 16.3 Å². The fourth-order valence-corrected chi connectivity index (χ4v) is 8.61. The minimum Gasteiger partial charge on any atom is -0.264 e. The first-order valence-corrected chi connectivity index (χ1v) is 12.6.